The van der Waals surface area contributed by atoms with Gasteiger partial charge in [0, 0.05) is 78.5 Å². The predicted molar refractivity (Wildman–Crippen MR) is 115 cm³/mol. The van der Waals surface area contributed by atoms with Crippen molar-refractivity contribution in [3.05, 3.63) is 0 Å². The van der Waals surface area contributed by atoms with Crippen LogP contribution in [0.15, 0.2) is 0 Å². The van der Waals surface area contributed by atoms with E-state index in [1.165, 1.54) is 0 Å². The molecule has 2 rings (SSSR count). The molecule has 0 unspecified atom stereocenters. The minimum Gasteiger partial charge on any atom is -0.748 e. The number of piperazine rings is 2. The van der Waals surface area contributed by atoms with Crippen LogP contribution >= 0.6 is 0 Å². The van der Waals surface area contributed by atoms with E-state index >= 15 is 0 Å². The van der Waals surface area contributed by atoms with Gasteiger partial charge in [0.15, 0.2) is 0 Å². The van der Waals surface area contributed by atoms with E-state index in [-0.39, 0.29) is 52.0 Å². The van der Waals surface area contributed by atoms with Crippen LogP contribution in [0.1, 0.15) is 0 Å². The fourth-order valence-electron chi connectivity index (χ4n) is 3.24. The Morgan fingerprint density at radius 2 is 0.774 bits per heavy atom. The molecule has 0 saturated carbocycles. The third-order valence-corrected chi connectivity index (χ3v) is 6.44. The molecule has 2 N–H and O–H groups in total. The van der Waals surface area contributed by atoms with Crippen molar-refractivity contribution in [1.29, 1.82) is 0 Å². The average Bonchev–Trinajstić information content (AvgIpc) is 2.67. The molecular formula is C16H34N4O8PbS2. The summed E-state index contributed by atoms with van der Waals surface area (Å²) in [5, 5.41) is 17.4. The summed E-state index contributed by atoms with van der Waals surface area (Å²) in [6.45, 7) is 8.57. The molecule has 12 nitrogen and oxygen atoms in total. The maximum absolute atomic E-state index is 10.4. The topological polar surface area (TPSA) is 168 Å². The second-order valence-corrected chi connectivity index (χ2v) is 10.4. The van der Waals surface area contributed by atoms with Crippen molar-refractivity contribution in [3.8, 4) is 0 Å². The van der Waals surface area contributed by atoms with Gasteiger partial charge >= 0.3 is 27.3 Å². The van der Waals surface area contributed by atoms with Crippen molar-refractivity contribution in [3.63, 3.8) is 0 Å². The van der Waals surface area contributed by atoms with E-state index in [9.17, 15) is 25.9 Å². The van der Waals surface area contributed by atoms with Crippen LogP contribution in [0, 0.1) is 0 Å². The van der Waals surface area contributed by atoms with Crippen LogP contribution in [-0.4, -0.2) is 186 Å². The fourth-order valence-corrected chi connectivity index (χ4v) is 4.20. The third-order valence-electron chi connectivity index (χ3n) is 5.08. The zero-order valence-electron chi connectivity index (χ0n) is 17.8. The van der Waals surface area contributed by atoms with Crippen molar-refractivity contribution in [2.45, 2.75) is 0 Å². The first-order chi connectivity index (χ1) is 14.0. The summed E-state index contributed by atoms with van der Waals surface area (Å²) in [5.74, 6) is -0.625. The van der Waals surface area contributed by atoms with Gasteiger partial charge in [-0.05, 0) is 0 Å². The summed E-state index contributed by atoms with van der Waals surface area (Å²) in [4.78, 5) is 8.15. The zero-order chi connectivity index (χ0) is 22.6. The van der Waals surface area contributed by atoms with Gasteiger partial charge in [0.2, 0.25) is 0 Å². The molecule has 0 bridgehead atoms. The Balaban J connectivity index is 0.000000562. The second-order valence-electron chi connectivity index (χ2n) is 7.34. The number of hydrogen-bond acceptors (Lipinski definition) is 12. The fraction of sp³-hybridized carbons (Fsp3) is 1.00. The molecule has 0 spiro atoms. The summed E-state index contributed by atoms with van der Waals surface area (Å²) in [6.07, 6.45) is 0. The summed E-state index contributed by atoms with van der Waals surface area (Å²) < 4.78 is 62.5. The van der Waals surface area contributed by atoms with E-state index < -0.39 is 20.2 Å². The van der Waals surface area contributed by atoms with Crippen molar-refractivity contribution >= 4 is 47.5 Å². The van der Waals surface area contributed by atoms with Gasteiger partial charge < -0.3 is 19.3 Å². The first-order valence-electron chi connectivity index (χ1n) is 10.0. The van der Waals surface area contributed by atoms with E-state index in [4.69, 9.17) is 10.2 Å². The van der Waals surface area contributed by atoms with E-state index in [0.29, 0.717) is 26.2 Å². The Hall–Kier alpha value is 0.502. The van der Waals surface area contributed by atoms with Crippen LogP contribution < -0.4 is 0 Å². The second kappa shape index (κ2) is 16.2. The summed E-state index contributed by atoms with van der Waals surface area (Å²) >= 11 is 0. The Morgan fingerprint density at radius 1 is 0.548 bits per heavy atom. The number of aliphatic hydroxyl groups excluding tert-OH is 2. The molecule has 0 aromatic carbocycles. The molecule has 31 heavy (non-hydrogen) atoms. The Labute approximate surface area is 205 Å². The molecule has 0 aromatic rings. The molecule has 0 aliphatic carbocycles. The van der Waals surface area contributed by atoms with E-state index in [0.717, 1.165) is 52.4 Å². The Morgan fingerprint density at radius 3 is 0.968 bits per heavy atom. The van der Waals surface area contributed by atoms with Crippen LogP contribution in [0.25, 0.3) is 0 Å². The molecular weight excluding hydrogens is 648 g/mol. The van der Waals surface area contributed by atoms with E-state index in [1.54, 1.807) is 0 Å². The van der Waals surface area contributed by atoms with E-state index in [1.807, 2.05) is 9.80 Å². The quantitative estimate of drug-likeness (QED) is 0.169. The molecule has 0 amide bonds. The van der Waals surface area contributed by atoms with Crippen molar-refractivity contribution in [2.24, 2.45) is 0 Å². The zero-order valence-corrected chi connectivity index (χ0v) is 23.3. The van der Waals surface area contributed by atoms with Gasteiger partial charge in [-0.3, -0.25) is 19.6 Å². The van der Waals surface area contributed by atoms with Gasteiger partial charge in [0.05, 0.1) is 45.0 Å². The molecule has 2 radical (unpaired) electrons. The molecule has 2 heterocycles. The Bertz CT molecular complexity index is 609. The molecule has 2 aliphatic heterocycles. The van der Waals surface area contributed by atoms with Gasteiger partial charge in [0.1, 0.15) is 0 Å². The van der Waals surface area contributed by atoms with Crippen LogP contribution in [0.4, 0.5) is 0 Å². The molecule has 182 valence electrons. The molecule has 2 saturated heterocycles. The summed E-state index contributed by atoms with van der Waals surface area (Å²) in [6, 6.07) is 0. The number of nitrogens with zero attached hydrogens (tertiary/aromatic N) is 4. The summed E-state index contributed by atoms with van der Waals surface area (Å²) in [7, 11) is -8.19. The maximum Gasteiger partial charge on any atom is 2.00 e. The smallest absolute Gasteiger partial charge is 0.748 e. The van der Waals surface area contributed by atoms with Gasteiger partial charge in [0.25, 0.3) is 0 Å². The molecule has 0 atom stereocenters. The average molecular weight is 682 g/mol. The van der Waals surface area contributed by atoms with Gasteiger partial charge in [-0.1, -0.05) is 0 Å². The molecule has 0 aromatic heterocycles. The van der Waals surface area contributed by atoms with Crippen LogP contribution in [-0.2, 0) is 20.2 Å². The van der Waals surface area contributed by atoms with Crippen molar-refractivity contribution in [2.75, 3.05) is 103 Å². The number of hydrogen-bond donors (Lipinski definition) is 2. The van der Waals surface area contributed by atoms with Crippen LogP contribution in [0.5, 0.6) is 0 Å². The number of β-amino-alcohol motifs (C(OH)–C–C–N with tert-alkyl or cyclic N) is 2. The Kier molecular flexibility index (Phi) is 16.4. The normalized spacial score (nSPS) is 20.0. The monoisotopic (exact) mass is 682 g/mol. The van der Waals surface area contributed by atoms with Gasteiger partial charge in [-0.15, -0.1) is 0 Å². The first-order valence-corrected chi connectivity index (χ1v) is 13.2. The molecule has 2 aliphatic rings. The molecule has 2 fully saturated rings. The minimum absolute atomic E-state index is 0. The largest absolute Gasteiger partial charge is 2.00 e. The van der Waals surface area contributed by atoms with Gasteiger partial charge in [-0.2, -0.15) is 0 Å². The van der Waals surface area contributed by atoms with E-state index in [2.05, 4.69) is 9.80 Å². The summed E-state index contributed by atoms with van der Waals surface area (Å²) in [5.41, 5.74) is 0. The number of rotatable bonds is 10. The van der Waals surface area contributed by atoms with Crippen LogP contribution in [0.2, 0.25) is 0 Å². The first kappa shape index (κ1) is 31.5. The van der Waals surface area contributed by atoms with Gasteiger partial charge in [-0.25, -0.2) is 16.8 Å². The standard InChI is InChI=1S/2C8H18N2O4S.Pb/c2*11-7-5-9-1-3-10(4-2-9)6-8-15(12,13)14;/h2*11H,1-8H2,(H,12,13,14);/q;;+2/p-2. The van der Waals surface area contributed by atoms with Crippen LogP contribution in [0.3, 0.4) is 0 Å². The van der Waals surface area contributed by atoms with Crippen molar-refractivity contribution in [1.82, 2.24) is 19.6 Å². The minimum atomic E-state index is -4.09. The maximum atomic E-state index is 10.4. The third kappa shape index (κ3) is 16.7. The van der Waals surface area contributed by atoms with Crippen molar-refractivity contribution < 1.29 is 36.2 Å². The number of aliphatic hydroxyl groups is 2. The predicted octanol–water partition coefficient (Wildman–Crippen LogP) is -4.10. The SMILES string of the molecule is O=S(=O)([O-])CCN1CCN(CCO)CC1.O=S(=O)([O-])CCN1CCN(CCO)CC1.[Pb+2]. The molecule has 15 heteroatoms.